The van der Waals surface area contributed by atoms with Crippen molar-refractivity contribution in [2.45, 2.75) is 58.6 Å². The van der Waals surface area contributed by atoms with Crippen LogP contribution in [0.4, 0.5) is 0 Å². The van der Waals surface area contributed by atoms with Crippen molar-refractivity contribution in [3.8, 4) is 0 Å². The smallest absolute Gasteiger partial charge is 0.0914 e. The highest BCUT2D eigenvalue weighted by atomic mass is 16.5. The predicted molar refractivity (Wildman–Crippen MR) is 75.9 cm³/mol. The summed E-state index contributed by atoms with van der Waals surface area (Å²) in [6, 6.07) is 0.297. The first-order valence-corrected chi connectivity index (χ1v) is 7.24. The van der Waals surface area contributed by atoms with Crippen LogP contribution in [0.3, 0.4) is 0 Å². The zero-order chi connectivity index (χ0) is 13.4. The zero-order valence-electron chi connectivity index (χ0n) is 12.4. The molecule has 0 bridgehead atoms. The summed E-state index contributed by atoms with van der Waals surface area (Å²) in [7, 11) is 0. The highest BCUT2D eigenvalue weighted by Crippen LogP contribution is 2.30. The molecule has 1 saturated heterocycles. The Labute approximate surface area is 112 Å². The Hall–Kier alpha value is -0.380. The zero-order valence-corrected chi connectivity index (χ0v) is 12.4. The molecule has 1 unspecified atom stereocenters. The molecule has 1 aliphatic heterocycles. The minimum absolute atomic E-state index is 0.0839. The van der Waals surface area contributed by atoms with Gasteiger partial charge in [0.05, 0.1) is 11.6 Å². The lowest BCUT2D eigenvalue weighted by atomic mass is 9.84. The van der Waals surface area contributed by atoms with Crippen LogP contribution >= 0.6 is 0 Å². The fourth-order valence-corrected chi connectivity index (χ4v) is 2.58. The first-order chi connectivity index (χ1) is 8.64. The Morgan fingerprint density at radius 3 is 2.50 bits per heavy atom. The van der Waals surface area contributed by atoms with Gasteiger partial charge in [0.15, 0.2) is 0 Å². The van der Waals surface area contributed by atoms with E-state index < -0.39 is 0 Å². The topological polar surface area (TPSA) is 30.5 Å². The molecule has 1 aliphatic rings. The van der Waals surface area contributed by atoms with Gasteiger partial charge in [0.1, 0.15) is 0 Å². The molecule has 1 heterocycles. The highest BCUT2D eigenvalue weighted by Gasteiger charge is 2.39. The Morgan fingerprint density at radius 2 is 2.00 bits per heavy atom. The second-order valence-corrected chi connectivity index (χ2v) is 5.29. The summed E-state index contributed by atoms with van der Waals surface area (Å²) in [5.74, 6) is 0. The van der Waals surface area contributed by atoms with Gasteiger partial charge in [-0.15, -0.1) is 0 Å². The van der Waals surface area contributed by atoms with E-state index in [4.69, 9.17) is 9.47 Å². The maximum absolute atomic E-state index is 6.14. The third-order valence-electron chi connectivity index (χ3n) is 3.45. The maximum atomic E-state index is 6.14. The molecule has 1 rings (SSSR count). The Bertz CT molecular complexity index is 248. The summed E-state index contributed by atoms with van der Waals surface area (Å²) in [6.45, 7) is 12.0. The second-order valence-electron chi connectivity index (χ2n) is 5.29. The van der Waals surface area contributed by atoms with Gasteiger partial charge in [-0.3, -0.25) is 0 Å². The molecule has 18 heavy (non-hydrogen) atoms. The van der Waals surface area contributed by atoms with Crippen LogP contribution in [-0.2, 0) is 9.47 Å². The average molecular weight is 255 g/mol. The number of allylic oxidation sites excluding steroid dienone is 1. The van der Waals surface area contributed by atoms with Gasteiger partial charge in [0.2, 0.25) is 0 Å². The van der Waals surface area contributed by atoms with Gasteiger partial charge in [-0.2, -0.15) is 0 Å². The van der Waals surface area contributed by atoms with E-state index in [0.717, 1.165) is 45.6 Å². The molecule has 0 saturated carbocycles. The highest BCUT2D eigenvalue weighted by molar-refractivity contribution is 5.10. The van der Waals surface area contributed by atoms with Crippen molar-refractivity contribution in [2.75, 3.05) is 26.4 Å². The predicted octanol–water partition coefficient (Wildman–Crippen LogP) is 2.91. The number of hydrogen-bond donors (Lipinski definition) is 1. The van der Waals surface area contributed by atoms with Crippen LogP contribution in [0.1, 0.15) is 47.0 Å². The van der Waals surface area contributed by atoms with E-state index in [1.807, 2.05) is 0 Å². The van der Waals surface area contributed by atoms with Gasteiger partial charge in [-0.05, 0) is 33.7 Å². The summed E-state index contributed by atoms with van der Waals surface area (Å²) in [5, 5.41) is 3.64. The second kappa shape index (κ2) is 7.93. The number of rotatable bonds is 7. The molecule has 1 fully saturated rings. The van der Waals surface area contributed by atoms with Gasteiger partial charge in [-0.25, -0.2) is 0 Å². The van der Waals surface area contributed by atoms with Crippen LogP contribution in [0.25, 0.3) is 0 Å². The van der Waals surface area contributed by atoms with Crippen molar-refractivity contribution in [3.05, 3.63) is 11.6 Å². The first-order valence-electron chi connectivity index (χ1n) is 7.24. The molecule has 1 atom stereocenters. The third-order valence-corrected chi connectivity index (χ3v) is 3.45. The van der Waals surface area contributed by atoms with Gasteiger partial charge in [0, 0.05) is 32.7 Å². The molecular formula is C15H29NO2. The molecule has 1 N–H and O–H groups in total. The molecule has 0 aromatic rings. The molecule has 0 aromatic heterocycles. The minimum atomic E-state index is -0.0839. The quantitative estimate of drug-likeness (QED) is 0.710. The average Bonchev–Trinajstić information content (AvgIpc) is 2.35. The molecule has 0 radical (unpaired) electrons. The van der Waals surface area contributed by atoms with Gasteiger partial charge in [-0.1, -0.05) is 18.6 Å². The number of hydrogen-bond acceptors (Lipinski definition) is 3. The van der Waals surface area contributed by atoms with Gasteiger partial charge >= 0.3 is 0 Å². The molecule has 0 aliphatic carbocycles. The Kier molecular flexibility index (Phi) is 6.90. The molecule has 0 aromatic carbocycles. The van der Waals surface area contributed by atoms with E-state index >= 15 is 0 Å². The fourth-order valence-electron chi connectivity index (χ4n) is 2.58. The minimum Gasteiger partial charge on any atom is -0.381 e. The van der Waals surface area contributed by atoms with E-state index in [-0.39, 0.29) is 5.60 Å². The maximum Gasteiger partial charge on any atom is 0.0914 e. The van der Waals surface area contributed by atoms with Crippen LogP contribution in [0.2, 0.25) is 0 Å². The summed E-state index contributed by atoms with van der Waals surface area (Å²) >= 11 is 0. The molecule has 3 nitrogen and oxygen atoms in total. The van der Waals surface area contributed by atoms with Crippen LogP contribution in [0, 0.1) is 0 Å². The van der Waals surface area contributed by atoms with Crippen molar-refractivity contribution < 1.29 is 9.47 Å². The Morgan fingerprint density at radius 1 is 1.33 bits per heavy atom. The van der Waals surface area contributed by atoms with Crippen molar-refractivity contribution in [3.63, 3.8) is 0 Å². The van der Waals surface area contributed by atoms with E-state index in [1.54, 1.807) is 0 Å². The summed E-state index contributed by atoms with van der Waals surface area (Å²) in [4.78, 5) is 0. The molecule has 106 valence electrons. The number of nitrogens with one attached hydrogen (secondary N) is 1. The standard InChI is InChI=1S/C15H29NO2/c1-5-9-16-14(12-13(3)4)15(18-6-2)7-10-17-11-8-15/h12,14,16H,5-11H2,1-4H3. The lowest BCUT2D eigenvalue weighted by molar-refractivity contribution is -0.118. The molecule has 0 amide bonds. The van der Waals surface area contributed by atoms with E-state index in [1.165, 1.54) is 5.57 Å². The largest absolute Gasteiger partial charge is 0.381 e. The lowest BCUT2D eigenvalue weighted by Gasteiger charge is -2.42. The normalized spacial score (nSPS) is 20.4. The molecule has 0 spiro atoms. The fraction of sp³-hybridized carbons (Fsp3) is 0.867. The number of ether oxygens (including phenoxy) is 2. The van der Waals surface area contributed by atoms with Crippen molar-refractivity contribution in [1.82, 2.24) is 5.32 Å². The van der Waals surface area contributed by atoms with Crippen LogP contribution < -0.4 is 5.32 Å². The SMILES string of the molecule is CCCNC(C=C(C)C)C1(OCC)CCOCC1. The van der Waals surface area contributed by atoms with E-state index in [9.17, 15) is 0 Å². The van der Waals surface area contributed by atoms with Crippen LogP contribution in [-0.4, -0.2) is 38.0 Å². The monoisotopic (exact) mass is 255 g/mol. The molecular weight excluding hydrogens is 226 g/mol. The van der Waals surface area contributed by atoms with Crippen molar-refractivity contribution in [2.24, 2.45) is 0 Å². The summed E-state index contributed by atoms with van der Waals surface area (Å²) < 4.78 is 11.6. The first kappa shape index (κ1) is 15.7. The lowest BCUT2D eigenvalue weighted by Crippen LogP contribution is -2.55. The van der Waals surface area contributed by atoms with Crippen LogP contribution in [0.15, 0.2) is 11.6 Å². The summed E-state index contributed by atoms with van der Waals surface area (Å²) in [5.41, 5.74) is 1.26. The Balaban J connectivity index is 2.84. The summed E-state index contributed by atoms with van der Waals surface area (Å²) in [6.07, 6.45) is 5.42. The molecule has 3 heteroatoms. The van der Waals surface area contributed by atoms with E-state index in [0.29, 0.717) is 6.04 Å². The van der Waals surface area contributed by atoms with Crippen LogP contribution in [0.5, 0.6) is 0 Å². The van der Waals surface area contributed by atoms with Crippen molar-refractivity contribution >= 4 is 0 Å². The third kappa shape index (κ3) is 4.38. The van der Waals surface area contributed by atoms with Gasteiger partial charge < -0.3 is 14.8 Å². The van der Waals surface area contributed by atoms with Crippen molar-refractivity contribution in [1.29, 1.82) is 0 Å². The van der Waals surface area contributed by atoms with E-state index in [2.05, 4.69) is 39.1 Å². The van der Waals surface area contributed by atoms with Gasteiger partial charge in [0.25, 0.3) is 0 Å².